The minimum atomic E-state index is -1.96. The van der Waals surface area contributed by atoms with Crippen LogP contribution in [0.25, 0.3) is 0 Å². The zero-order valence-electron chi connectivity index (χ0n) is 7.34. The Morgan fingerprint density at radius 3 is 2.14 bits per heavy atom. The van der Waals surface area contributed by atoms with Crippen LogP contribution in [0, 0.1) is 0 Å². The highest BCUT2D eigenvalue weighted by molar-refractivity contribution is 6.68. The van der Waals surface area contributed by atoms with Crippen LogP contribution < -0.4 is 5.32 Å². The summed E-state index contributed by atoms with van der Waals surface area (Å²) in [6.07, 6.45) is -2.26. The van der Waals surface area contributed by atoms with E-state index in [1.54, 1.807) is 0 Å². The molecule has 8 heteroatoms. The Morgan fingerprint density at radius 2 is 1.86 bits per heavy atom. The SMILES string of the molecule is COC(=O)NC(OC(C)=O)C(Cl)(Cl)Cl. The average Bonchev–Trinajstić information content (AvgIpc) is 2.00. The molecule has 0 bridgehead atoms. The van der Waals surface area contributed by atoms with Crippen LogP contribution >= 0.6 is 34.8 Å². The van der Waals surface area contributed by atoms with Gasteiger partial charge in [0, 0.05) is 6.92 Å². The van der Waals surface area contributed by atoms with Gasteiger partial charge in [-0.2, -0.15) is 0 Å². The van der Waals surface area contributed by atoms with Crippen molar-refractivity contribution in [1.29, 1.82) is 0 Å². The number of hydrogen-bond acceptors (Lipinski definition) is 4. The average molecular weight is 264 g/mol. The standard InChI is InChI=1S/C6H8Cl3NO4/c1-3(11)14-4(6(7,8)9)10-5(12)13-2/h4H,1-2H3,(H,10,12). The van der Waals surface area contributed by atoms with Crippen molar-refractivity contribution in [3.63, 3.8) is 0 Å². The molecule has 0 rings (SSSR count). The van der Waals surface area contributed by atoms with E-state index in [0.29, 0.717) is 0 Å². The molecule has 1 amide bonds. The minimum absolute atomic E-state index is 0.697. The third kappa shape index (κ3) is 5.36. The lowest BCUT2D eigenvalue weighted by Gasteiger charge is -2.23. The van der Waals surface area contributed by atoms with Gasteiger partial charge in [0.2, 0.25) is 10.0 Å². The predicted molar refractivity (Wildman–Crippen MR) is 51.4 cm³/mol. The summed E-state index contributed by atoms with van der Waals surface area (Å²) in [5.74, 6) is -0.697. The third-order valence-electron chi connectivity index (χ3n) is 1.02. The Kier molecular flexibility index (Phi) is 5.33. The molecule has 0 saturated carbocycles. The summed E-state index contributed by atoms with van der Waals surface area (Å²) < 4.78 is 6.82. The molecule has 14 heavy (non-hydrogen) atoms. The molecule has 0 spiro atoms. The number of amides is 1. The van der Waals surface area contributed by atoms with Gasteiger partial charge in [-0.25, -0.2) is 4.79 Å². The first-order valence-electron chi connectivity index (χ1n) is 3.35. The van der Waals surface area contributed by atoms with Crippen LogP contribution in [-0.2, 0) is 14.3 Å². The smallest absolute Gasteiger partial charge is 0.409 e. The van der Waals surface area contributed by atoms with Gasteiger partial charge in [-0.1, -0.05) is 34.8 Å². The number of alkyl carbamates (subject to hydrolysis) is 1. The summed E-state index contributed by atoms with van der Waals surface area (Å²) in [6, 6.07) is 0. The van der Waals surface area contributed by atoms with Gasteiger partial charge in [0.1, 0.15) is 0 Å². The molecule has 0 aromatic heterocycles. The summed E-state index contributed by atoms with van der Waals surface area (Å²) in [6.45, 7) is 1.11. The molecule has 1 N–H and O–H groups in total. The van der Waals surface area contributed by atoms with E-state index < -0.39 is 22.1 Å². The second kappa shape index (κ2) is 5.48. The number of methoxy groups -OCH3 is 1. The van der Waals surface area contributed by atoms with Crippen LogP contribution in [-0.4, -0.2) is 29.2 Å². The van der Waals surface area contributed by atoms with E-state index in [1.807, 2.05) is 5.32 Å². The molecule has 5 nitrogen and oxygen atoms in total. The molecule has 0 aromatic rings. The lowest BCUT2D eigenvalue weighted by atomic mass is 10.6. The van der Waals surface area contributed by atoms with Crippen LogP contribution in [0.15, 0.2) is 0 Å². The molecule has 82 valence electrons. The molecule has 0 aliphatic carbocycles. The maximum Gasteiger partial charge on any atom is 0.409 e. The van der Waals surface area contributed by atoms with Crippen molar-refractivity contribution in [3.05, 3.63) is 0 Å². The molecule has 0 aliphatic heterocycles. The fraction of sp³-hybridized carbons (Fsp3) is 0.667. The maximum atomic E-state index is 10.7. The second-order valence-corrected chi connectivity index (χ2v) is 4.54. The van der Waals surface area contributed by atoms with Gasteiger partial charge in [-0.05, 0) is 0 Å². The highest BCUT2D eigenvalue weighted by Crippen LogP contribution is 2.31. The number of nitrogens with one attached hydrogen (secondary N) is 1. The van der Waals surface area contributed by atoms with Gasteiger partial charge < -0.3 is 9.47 Å². The Hall–Kier alpha value is -0.390. The quantitative estimate of drug-likeness (QED) is 0.467. The molecule has 0 aliphatic rings. The minimum Gasteiger partial charge on any atom is -0.453 e. The highest BCUT2D eigenvalue weighted by atomic mass is 35.6. The summed E-state index contributed by atoms with van der Waals surface area (Å²) in [4.78, 5) is 21.3. The molecule has 0 fully saturated rings. The topological polar surface area (TPSA) is 64.6 Å². The van der Waals surface area contributed by atoms with Gasteiger partial charge in [-0.15, -0.1) is 0 Å². The van der Waals surface area contributed by atoms with E-state index >= 15 is 0 Å². The van der Waals surface area contributed by atoms with Crippen molar-refractivity contribution >= 4 is 46.9 Å². The zero-order chi connectivity index (χ0) is 11.4. The van der Waals surface area contributed by atoms with Crippen molar-refractivity contribution in [2.45, 2.75) is 16.9 Å². The van der Waals surface area contributed by atoms with Crippen LogP contribution in [0.5, 0.6) is 0 Å². The number of esters is 1. The molecule has 0 aromatic carbocycles. The molecule has 0 radical (unpaired) electrons. The lowest BCUT2D eigenvalue weighted by molar-refractivity contribution is -0.147. The monoisotopic (exact) mass is 263 g/mol. The summed E-state index contributed by atoms with van der Waals surface area (Å²) in [5.41, 5.74) is 0. The molecule has 0 saturated heterocycles. The van der Waals surface area contributed by atoms with E-state index in [2.05, 4.69) is 9.47 Å². The van der Waals surface area contributed by atoms with Crippen LogP contribution in [0.1, 0.15) is 6.92 Å². The van der Waals surface area contributed by atoms with E-state index in [9.17, 15) is 9.59 Å². The highest BCUT2D eigenvalue weighted by Gasteiger charge is 2.37. The fourth-order valence-electron chi connectivity index (χ4n) is 0.510. The number of rotatable bonds is 2. The van der Waals surface area contributed by atoms with Crippen molar-refractivity contribution in [3.8, 4) is 0 Å². The molecule has 1 atom stereocenters. The molecular weight excluding hydrogens is 256 g/mol. The van der Waals surface area contributed by atoms with Gasteiger partial charge in [-0.3, -0.25) is 10.1 Å². The number of ether oxygens (including phenoxy) is 2. The van der Waals surface area contributed by atoms with Crippen molar-refractivity contribution in [1.82, 2.24) is 5.32 Å². The summed E-state index contributed by atoms with van der Waals surface area (Å²) in [7, 11) is 1.12. The number of halogens is 3. The van der Waals surface area contributed by atoms with E-state index in [0.717, 1.165) is 14.0 Å². The molecular formula is C6H8Cl3NO4. The van der Waals surface area contributed by atoms with Crippen molar-refractivity contribution in [2.24, 2.45) is 0 Å². The van der Waals surface area contributed by atoms with Crippen LogP contribution in [0.4, 0.5) is 4.79 Å². The summed E-state index contributed by atoms with van der Waals surface area (Å²) >= 11 is 16.3. The predicted octanol–water partition coefficient (Wildman–Crippen LogP) is 1.60. The van der Waals surface area contributed by atoms with Crippen LogP contribution in [0.2, 0.25) is 0 Å². The normalized spacial score (nSPS) is 12.9. The summed E-state index contributed by atoms with van der Waals surface area (Å²) in [5, 5.41) is 2.04. The first-order chi connectivity index (χ1) is 6.27. The Labute approximate surface area is 95.6 Å². The van der Waals surface area contributed by atoms with Crippen LogP contribution in [0.3, 0.4) is 0 Å². The van der Waals surface area contributed by atoms with Gasteiger partial charge >= 0.3 is 12.1 Å². The fourth-order valence-corrected chi connectivity index (χ4v) is 0.807. The van der Waals surface area contributed by atoms with Crippen molar-refractivity contribution in [2.75, 3.05) is 7.11 Å². The molecule has 0 heterocycles. The molecule has 1 unspecified atom stereocenters. The first kappa shape index (κ1) is 13.6. The first-order valence-corrected chi connectivity index (χ1v) is 4.49. The second-order valence-electron chi connectivity index (χ2n) is 2.17. The maximum absolute atomic E-state index is 10.7. The zero-order valence-corrected chi connectivity index (χ0v) is 9.61. The largest absolute Gasteiger partial charge is 0.453 e. The van der Waals surface area contributed by atoms with Gasteiger partial charge in [0.25, 0.3) is 0 Å². The van der Waals surface area contributed by atoms with E-state index in [1.165, 1.54) is 0 Å². The Balaban J connectivity index is 4.41. The number of hydrogen-bond donors (Lipinski definition) is 1. The number of carbonyl (C=O) groups excluding carboxylic acids is 2. The van der Waals surface area contributed by atoms with Gasteiger partial charge in [0.05, 0.1) is 7.11 Å². The third-order valence-corrected chi connectivity index (χ3v) is 1.61. The van der Waals surface area contributed by atoms with E-state index in [4.69, 9.17) is 34.8 Å². The number of carbonyl (C=O) groups is 2. The Bertz CT molecular complexity index is 228. The number of alkyl halides is 3. The van der Waals surface area contributed by atoms with Crippen molar-refractivity contribution < 1.29 is 19.1 Å². The van der Waals surface area contributed by atoms with E-state index in [-0.39, 0.29) is 0 Å². The Morgan fingerprint density at radius 1 is 1.36 bits per heavy atom. The lowest BCUT2D eigenvalue weighted by Crippen LogP contribution is -2.46. The van der Waals surface area contributed by atoms with Gasteiger partial charge in [0.15, 0.2) is 0 Å².